The summed E-state index contributed by atoms with van der Waals surface area (Å²) in [5, 5.41) is 2.81. The van der Waals surface area contributed by atoms with Crippen molar-refractivity contribution in [3.63, 3.8) is 0 Å². The Balaban J connectivity index is 1.41. The van der Waals surface area contributed by atoms with E-state index in [-0.39, 0.29) is 26.4 Å². The van der Waals surface area contributed by atoms with Gasteiger partial charge in [0.25, 0.3) is 5.91 Å². The Hall–Kier alpha value is -4.86. The van der Waals surface area contributed by atoms with Crippen LogP contribution in [0.4, 0.5) is 16.2 Å². The van der Waals surface area contributed by atoms with Gasteiger partial charge in [-0.1, -0.05) is 24.3 Å². The summed E-state index contributed by atoms with van der Waals surface area (Å²) in [6.07, 6.45) is -0.189. The number of ether oxygens (including phenoxy) is 3. The number of para-hydroxylation sites is 1. The van der Waals surface area contributed by atoms with Crippen molar-refractivity contribution in [2.45, 2.75) is 25.9 Å². The number of fused-ring (bicyclic) bond motifs is 1. The molecule has 0 spiro atoms. The second-order valence-electron chi connectivity index (χ2n) is 8.67. The topological polar surface area (TPSA) is 114 Å². The van der Waals surface area contributed by atoms with Crippen LogP contribution in [0, 0.1) is 0 Å². The number of esters is 1. The van der Waals surface area contributed by atoms with Gasteiger partial charge in [0.2, 0.25) is 12.7 Å². The van der Waals surface area contributed by atoms with Crippen LogP contribution in [-0.4, -0.2) is 48.2 Å². The van der Waals surface area contributed by atoms with Gasteiger partial charge in [0.15, 0.2) is 11.5 Å². The fourth-order valence-electron chi connectivity index (χ4n) is 4.37. The summed E-state index contributed by atoms with van der Waals surface area (Å²) >= 11 is 0. The van der Waals surface area contributed by atoms with Crippen molar-refractivity contribution in [1.29, 1.82) is 0 Å². The maximum Gasteiger partial charge on any atom is 0.338 e. The summed E-state index contributed by atoms with van der Waals surface area (Å²) in [4.78, 5) is 54.4. The van der Waals surface area contributed by atoms with E-state index in [1.807, 2.05) is 6.07 Å². The van der Waals surface area contributed by atoms with Crippen molar-refractivity contribution >= 4 is 35.2 Å². The maximum atomic E-state index is 13.6. The number of nitrogens with one attached hydrogen (secondary N) is 1. The van der Waals surface area contributed by atoms with Gasteiger partial charge >= 0.3 is 12.0 Å². The summed E-state index contributed by atoms with van der Waals surface area (Å²) < 4.78 is 15.8. The van der Waals surface area contributed by atoms with E-state index in [1.165, 1.54) is 29.2 Å². The lowest BCUT2D eigenvalue weighted by molar-refractivity contribution is -0.122. The Labute approximate surface area is 218 Å². The minimum atomic E-state index is -1.04. The summed E-state index contributed by atoms with van der Waals surface area (Å²) in [5.41, 5.74) is 1.87. The normalized spacial score (nSPS) is 15.9. The number of rotatable bonds is 7. The van der Waals surface area contributed by atoms with Gasteiger partial charge in [0.1, 0.15) is 6.04 Å². The first-order chi connectivity index (χ1) is 18.4. The molecule has 0 bridgehead atoms. The summed E-state index contributed by atoms with van der Waals surface area (Å²) in [5.74, 6) is -0.347. The van der Waals surface area contributed by atoms with Crippen LogP contribution in [0.15, 0.2) is 72.8 Å². The number of hydrogen-bond acceptors (Lipinski definition) is 7. The van der Waals surface area contributed by atoms with Crippen molar-refractivity contribution in [2.75, 3.05) is 23.6 Å². The highest BCUT2D eigenvalue weighted by Crippen LogP contribution is 2.34. The molecular weight excluding hydrogens is 490 g/mol. The predicted molar refractivity (Wildman–Crippen MR) is 137 cm³/mol. The Morgan fingerprint density at radius 3 is 2.47 bits per heavy atom. The Kier molecular flexibility index (Phi) is 6.94. The zero-order valence-corrected chi connectivity index (χ0v) is 20.6. The molecule has 5 rings (SSSR count). The van der Waals surface area contributed by atoms with Crippen molar-refractivity contribution in [3.8, 4) is 11.5 Å². The molecule has 10 heteroatoms. The van der Waals surface area contributed by atoms with Gasteiger partial charge in [-0.05, 0) is 61.0 Å². The lowest BCUT2D eigenvalue weighted by Gasteiger charge is -2.28. The Morgan fingerprint density at radius 2 is 1.74 bits per heavy atom. The van der Waals surface area contributed by atoms with Crippen molar-refractivity contribution in [1.82, 2.24) is 4.90 Å². The molecule has 0 aliphatic carbocycles. The smallest absolute Gasteiger partial charge is 0.338 e. The average Bonchev–Trinajstić information content (AvgIpc) is 3.51. The first-order valence-corrected chi connectivity index (χ1v) is 12.1. The van der Waals surface area contributed by atoms with E-state index in [0.29, 0.717) is 34.0 Å². The van der Waals surface area contributed by atoms with Crippen molar-refractivity contribution in [3.05, 3.63) is 83.9 Å². The largest absolute Gasteiger partial charge is 0.462 e. The summed E-state index contributed by atoms with van der Waals surface area (Å²) in [6.45, 7) is 2.10. The van der Waals surface area contributed by atoms with Gasteiger partial charge in [-0.3, -0.25) is 9.59 Å². The zero-order valence-electron chi connectivity index (χ0n) is 20.6. The first kappa shape index (κ1) is 24.8. The summed E-state index contributed by atoms with van der Waals surface area (Å²) in [7, 11) is 0. The van der Waals surface area contributed by atoms with Crippen LogP contribution in [0.5, 0.6) is 11.5 Å². The van der Waals surface area contributed by atoms with Crippen LogP contribution in [0.25, 0.3) is 0 Å². The molecule has 1 fully saturated rings. The average molecular weight is 516 g/mol. The van der Waals surface area contributed by atoms with Gasteiger partial charge in [-0.2, -0.15) is 0 Å². The SMILES string of the molecule is CCOC(=O)c1ccc(N2C(=O)C[C@@H](N(Cc3ccc4c(c3)OCO4)C(=O)Nc3ccccc3)C2=O)cc1. The van der Waals surface area contributed by atoms with Gasteiger partial charge in [-0.15, -0.1) is 0 Å². The highest BCUT2D eigenvalue weighted by Gasteiger charge is 2.44. The molecule has 1 N–H and O–H groups in total. The van der Waals surface area contributed by atoms with E-state index in [9.17, 15) is 19.2 Å². The fraction of sp³-hybridized carbons (Fsp3) is 0.214. The molecule has 0 radical (unpaired) electrons. The van der Waals surface area contributed by atoms with Crippen LogP contribution in [0.1, 0.15) is 29.3 Å². The van der Waals surface area contributed by atoms with E-state index in [0.717, 1.165) is 4.90 Å². The van der Waals surface area contributed by atoms with Crippen molar-refractivity contribution in [2.24, 2.45) is 0 Å². The fourth-order valence-corrected chi connectivity index (χ4v) is 4.37. The van der Waals surface area contributed by atoms with Crippen LogP contribution in [0.3, 0.4) is 0 Å². The maximum absolute atomic E-state index is 13.6. The Bertz CT molecular complexity index is 1370. The molecular formula is C28H25N3O7. The van der Waals surface area contributed by atoms with Gasteiger partial charge in [0.05, 0.1) is 24.3 Å². The number of nitrogens with zero attached hydrogens (tertiary/aromatic N) is 2. The van der Waals surface area contributed by atoms with Crippen LogP contribution in [0.2, 0.25) is 0 Å². The van der Waals surface area contributed by atoms with E-state index in [1.54, 1.807) is 49.4 Å². The lowest BCUT2D eigenvalue weighted by Crippen LogP contribution is -2.46. The van der Waals surface area contributed by atoms with E-state index in [2.05, 4.69) is 5.32 Å². The highest BCUT2D eigenvalue weighted by molar-refractivity contribution is 6.23. The second-order valence-corrected chi connectivity index (χ2v) is 8.67. The molecule has 1 saturated heterocycles. The van der Waals surface area contributed by atoms with E-state index < -0.39 is 29.9 Å². The molecule has 38 heavy (non-hydrogen) atoms. The minimum Gasteiger partial charge on any atom is -0.462 e. The molecule has 0 saturated carbocycles. The molecule has 194 valence electrons. The molecule has 2 heterocycles. The molecule has 3 aromatic rings. The number of anilines is 2. The van der Waals surface area contributed by atoms with Crippen LogP contribution >= 0.6 is 0 Å². The van der Waals surface area contributed by atoms with Crippen molar-refractivity contribution < 1.29 is 33.4 Å². The number of urea groups is 1. The number of benzene rings is 3. The highest BCUT2D eigenvalue weighted by atomic mass is 16.7. The number of imide groups is 1. The molecule has 2 aliphatic heterocycles. The number of carbonyl (C=O) groups excluding carboxylic acids is 4. The number of carbonyl (C=O) groups is 4. The molecule has 0 unspecified atom stereocenters. The molecule has 0 aromatic heterocycles. The van der Waals surface area contributed by atoms with Gasteiger partial charge in [0, 0.05) is 12.2 Å². The molecule has 2 aliphatic rings. The first-order valence-electron chi connectivity index (χ1n) is 12.1. The van der Waals surface area contributed by atoms with Crippen LogP contribution in [-0.2, 0) is 20.9 Å². The lowest BCUT2D eigenvalue weighted by atomic mass is 10.1. The van der Waals surface area contributed by atoms with E-state index >= 15 is 0 Å². The summed E-state index contributed by atoms with van der Waals surface area (Å²) in [6, 6.07) is 18.6. The molecule has 4 amide bonds. The molecule has 10 nitrogen and oxygen atoms in total. The standard InChI is InChI=1S/C28H25N3O7/c1-2-36-27(34)19-9-11-21(12-10-19)31-25(32)15-22(26(31)33)30(28(35)29-20-6-4-3-5-7-20)16-18-8-13-23-24(14-18)38-17-37-23/h3-14,22H,2,15-17H2,1H3,(H,29,35)/t22-/m1/s1. The monoisotopic (exact) mass is 515 g/mol. The number of hydrogen-bond donors (Lipinski definition) is 1. The predicted octanol–water partition coefficient (Wildman–Crippen LogP) is 3.96. The van der Waals surface area contributed by atoms with Gasteiger partial charge in [-0.25, -0.2) is 14.5 Å². The third-order valence-corrected chi connectivity index (χ3v) is 6.21. The van der Waals surface area contributed by atoms with E-state index in [4.69, 9.17) is 14.2 Å². The zero-order chi connectivity index (χ0) is 26.6. The van der Waals surface area contributed by atoms with Gasteiger partial charge < -0.3 is 24.4 Å². The third-order valence-electron chi connectivity index (χ3n) is 6.21. The third kappa shape index (κ3) is 5.01. The number of amides is 4. The minimum absolute atomic E-state index is 0.0502. The quantitative estimate of drug-likeness (QED) is 0.374. The molecule has 3 aromatic carbocycles. The molecule has 1 atom stereocenters. The second kappa shape index (κ2) is 10.6. The van der Waals surface area contributed by atoms with Crippen LogP contribution < -0.4 is 19.7 Å². The Morgan fingerprint density at radius 1 is 1.00 bits per heavy atom.